The summed E-state index contributed by atoms with van der Waals surface area (Å²) in [7, 11) is 0. The fourth-order valence-electron chi connectivity index (χ4n) is 1.17. The zero-order valence-electron chi connectivity index (χ0n) is 8.25. The topological polar surface area (TPSA) is 74.6 Å². The quantitative estimate of drug-likeness (QED) is 0.909. The van der Waals surface area contributed by atoms with Crippen LogP contribution >= 0.6 is 35.1 Å². The third-order valence-corrected chi connectivity index (χ3v) is 4.22. The van der Waals surface area contributed by atoms with Crippen LogP contribution in [0.15, 0.2) is 24.3 Å². The van der Waals surface area contributed by atoms with Crippen molar-refractivity contribution in [2.75, 3.05) is 0 Å². The van der Waals surface area contributed by atoms with Crippen LogP contribution < -0.4 is 0 Å². The van der Waals surface area contributed by atoms with Crippen molar-refractivity contribution in [3.8, 4) is 9.75 Å². The summed E-state index contributed by atoms with van der Waals surface area (Å²) in [5.74, 6) is -1.93. The summed E-state index contributed by atoms with van der Waals surface area (Å²) < 4.78 is 0. The summed E-state index contributed by atoms with van der Waals surface area (Å²) in [5, 5.41) is 17.5. The molecule has 0 aliphatic rings. The number of thiophene rings is 2. The Bertz CT molecular complexity index is 508. The van der Waals surface area contributed by atoms with Crippen LogP contribution in [-0.4, -0.2) is 22.2 Å². The molecule has 0 aliphatic carbocycles. The first-order valence-electron chi connectivity index (χ1n) is 4.24. The van der Waals surface area contributed by atoms with E-state index in [1.807, 2.05) is 0 Å². The molecule has 0 aromatic carbocycles. The molecule has 0 spiro atoms. The monoisotopic (exact) mass is 290 g/mol. The number of aromatic carboxylic acids is 2. The normalized spacial score (nSPS) is 9.65. The number of hydrogen-bond acceptors (Lipinski definition) is 4. The average Bonchev–Trinajstić information content (AvgIpc) is 2.86. The van der Waals surface area contributed by atoms with E-state index in [-0.39, 0.29) is 22.2 Å². The van der Waals surface area contributed by atoms with Crippen molar-refractivity contribution >= 4 is 47.0 Å². The Morgan fingerprint density at radius 3 is 1.41 bits per heavy atom. The van der Waals surface area contributed by atoms with Crippen molar-refractivity contribution in [2.45, 2.75) is 0 Å². The van der Waals surface area contributed by atoms with E-state index < -0.39 is 11.9 Å². The zero-order valence-corrected chi connectivity index (χ0v) is 10.7. The van der Waals surface area contributed by atoms with Crippen LogP contribution in [0.4, 0.5) is 0 Å². The van der Waals surface area contributed by atoms with Gasteiger partial charge >= 0.3 is 11.9 Å². The number of carboxylic acid groups (broad SMARTS) is 2. The Labute approximate surface area is 111 Å². The molecule has 90 valence electrons. The molecule has 0 unspecified atom stereocenters. The van der Waals surface area contributed by atoms with Gasteiger partial charge in [-0.3, -0.25) is 0 Å². The molecule has 0 radical (unpaired) electrons. The second-order valence-corrected chi connectivity index (χ2v) is 5.11. The minimum absolute atomic E-state index is 0. The van der Waals surface area contributed by atoms with Crippen molar-refractivity contribution in [3.63, 3.8) is 0 Å². The van der Waals surface area contributed by atoms with E-state index in [2.05, 4.69) is 0 Å². The molecular weight excluding hydrogens is 284 g/mol. The molecule has 2 aromatic rings. The van der Waals surface area contributed by atoms with Gasteiger partial charge in [-0.2, -0.15) is 0 Å². The summed E-state index contributed by atoms with van der Waals surface area (Å²) in [6.45, 7) is 0. The Balaban J connectivity index is 0.00000144. The predicted octanol–water partition coefficient (Wildman–Crippen LogP) is 3.29. The van der Waals surface area contributed by atoms with Gasteiger partial charge in [0.25, 0.3) is 0 Å². The lowest BCUT2D eigenvalue weighted by atomic mass is 10.3. The maximum Gasteiger partial charge on any atom is 0.345 e. The van der Waals surface area contributed by atoms with Crippen LogP contribution in [0, 0.1) is 0 Å². The summed E-state index contributed by atoms with van der Waals surface area (Å²) in [6.07, 6.45) is 0. The van der Waals surface area contributed by atoms with E-state index >= 15 is 0 Å². The van der Waals surface area contributed by atoms with Gasteiger partial charge in [0, 0.05) is 9.75 Å². The van der Waals surface area contributed by atoms with E-state index in [0.29, 0.717) is 0 Å². The van der Waals surface area contributed by atoms with E-state index in [0.717, 1.165) is 32.4 Å². The SMILES string of the molecule is Cl.O=C(O)c1ccc(-c2ccc(C(=O)O)s2)s1. The largest absolute Gasteiger partial charge is 0.477 e. The van der Waals surface area contributed by atoms with Gasteiger partial charge in [-0.1, -0.05) is 0 Å². The second kappa shape index (κ2) is 5.31. The van der Waals surface area contributed by atoms with E-state index in [1.54, 1.807) is 12.1 Å². The fourth-order valence-corrected chi connectivity index (χ4v) is 2.95. The minimum Gasteiger partial charge on any atom is -0.477 e. The molecule has 2 aromatic heterocycles. The van der Waals surface area contributed by atoms with Gasteiger partial charge in [0.05, 0.1) is 0 Å². The number of carbonyl (C=O) groups is 2. The van der Waals surface area contributed by atoms with Gasteiger partial charge in [-0.25, -0.2) is 9.59 Å². The molecule has 0 amide bonds. The molecule has 0 aliphatic heterocycles. The first kappa shape index (κ1) is 13.7. The Hall–Kier alpha value is -1.37. The molecule has 17 heavy (non-hydrogen) atoms. The van der Waals surface area contributed by atoms with Crippen LogP contribution in [-0.2, 0) is 0 Å². The maximum absolute atomic E-state index is 10.7. The van der Waals surface area contributed by atoms with Crippen molar-refractivity contribution in [2.24, 2.45) is 0 Å². The molecule has 0 saturated heterocycles. The lowest BCUT2D eigenvalue weighted by Gasteiger charge is -1.88. The Morgan fingerprint density at radius 2 is 1.18 bits per heavy atom. The van der Waals surface area contributed by atoms with Gasteiger partial charge in [0.2, 0.25) is 0 Å². The standard InChI is InChI=1S/C10H6O4S2.ClH/c11-9(12)7-3-1-5(15-7)6-2-4-8(16-6)10(13)14;/h1-4H,(H,11,12)(H,13,14);1H. The van der Waals surface area contributed by atoms with Crippen LogP contribution in [0.3, 0.4) is 0 Å². The average molecular weight is 291 g/mol. The van der Waals surface area contributed by atoms with Gasteiger partial charge in [0.1, 0.15) is 9.75 Å². The lowest BCUT2D eigenvalue weighted by Crippen LogP contribution is -1.89. The number of carboxylic acids is 2. The fraction of sp³-hybridized carbons (Fsp3) is 0. The molecule has 0 saturated carbocycles. The van der Waals surface area contributed by atoms with Gasteiger partial charge < -0.3 is 10.2 Å². The maximum atomic E-state index is 10.7. The first-order chi connectivity index (χ1) is 7.58. The highest BCUT2D eigenvalue weighted by molar-refractivity contribution is 7.23. The summed E-state index contributed by atoms with van der Waals surface area (Å²) in [6, 6.07) is 6.40. The van der Waals surface area contributed by atoms with E-state index in [9.17, 15) is 9.59 Å². The van der Waals surface area contributed by atoms with Gasteiger partial charge in [-0.15, -0.1) is 35.1 Å². The van der Waals surface area contributed by atoms with Crippen LogP contribution in [0.25, 0.3) is 9.75 Å². The highest BCUT2D eigenvalue weighted by Crippen LogP contribution is 2.33. The Morgan fingerprint density at radius 1 is 0.824 bits per heavy atom. The predicted molar refractivity (Wildman–Crippen MR) is 68.8 cm³/mol. The van der Waals surface area contributed by atoms with Gasteiger partial charge in [-0.05, 0) is 24.3 Å². The highest BCUT2D eigenvalue weighted by Gasteiger charge is 2.12. The minimum atomic E-state index is -0.966. The summed E-state index contributed by atoms with van der Waals surface area (Å²) in [5.41, 5.74) is 0. The molecule has 2 N–H and O–H groups in total. The summed E-state index contributed by atoms with van der Waals surface area (Å²) >= 11 is 2.27. The number of rotatable bonds is 3. The Kier molecular flexibility index (Phi) is 4.28. The van der Waals surface area contributed by atoms with Crippen molar-refractivity contribution in [1.82, 2.24) is 0 Å². The summed E-state index contributed by atoms with van der Waals surface area (Å²) in [4.78, 5) is 23.4. The molecule has 4 nitrogen and oxygen atoms in total. The number of halogens is 1. The zero-order chi connectivity index (χ0) is 11.7. The molecule has 2 heterocycles. The first-order valence-corrected chi connectivity index (χ1v) is 5.88. The molecule has 0 bridgehead atoms. The van der Waals surface area contributed by atoms with E-state index in [4.69, 9.17) is 10.2 Å². The van der Waals surface area contributed by atoms with Crippen molar-refractivity contribution in [1.29, 1.82) is 0 Å². The van der Waals surface area contributed by atoms with E-state index in [1.165, 1.54) is 12.1 Å². The highest BCUT2D eigenvalue weighted by atomic mass is 35.5. The van der Waals surface area contributed by atoms with Crippen molar-refractivity contribution < 1.29 is 19.8 Å². The molecule has 0 fully saturated rings. The smallest absolute Gasteiger partial charge is 0.345 e. The van der Waals surface area contributed by atoms with Crippen LogP contribution in [0.1, 0.15) is 19.3 Å². The number of hydrogen-bond donors (Lipinski definition) is 2. The van der Waals surface area contributed by atoms with Crippen molar-refractivity contribution in [3.05, 3.63) is 34.0 Å². The third kappa shape index (κ3) is 2.85. The lowest BCUT2D eigenvalue weighted by molar-refractivity contribution is 0.0691. The van der Waals surface area contributed by atoms with Gasteiger partial charge in [0.15, 0.2) is 0 Å². The second-order valence-electron chi connectivity index (χ2n) is 2.94. The molecule has 0 atom stereocenters. The molecule has 2 rings (SSSR count). The third-order valence-electron chi connectivity index (χ3n) is 1.88. The molecule has 7 heteroatoms. The molecular formula is C10H7ClO4S2. The van der Waals surface area contributed by atoms with Crippen LogP contribution in [0.2, 0.25) is 0 Å². The van der Waals surface area contributed by atoms with Crippen LogP contribution in [0.5, 0.6) is 0 Å².